The molecule has 156 valence electrons. The van der Waals surface area contributed by atoms with E-state index in [1.165, 1.54) is 10.4 Å². The van der Waals surface area contributed by atoms with Gasteiger partial charge >= 0.3 is 0 Å². The Morgan fingerprint density at radius 3 is 2.53 bits per heavy atom. The molecule has 4 rings (SSSR count). The Kier molecular flexibility index (Phi) is 6.38. The highest BCUT2D eigenvalue weighted by atomic mass is 32.1. The predicted octanol–water partition coefficient (Wildman–Crippen LogP) is 5.26. The second kappa shape index (κ2) is 9.35. The van der Waals surface area contributed by atoms with Crippen LogP contribution in [0.1, 0.15) is 40.5 Å². The standard InChI is InChI=1S/C25H27NO3S/c1-28-22-16-19-13-14-26(24(27)12-6-10-20-11-7-15-30-20)25(18-8-4-3-5-9-18)21(19)17-23(22)29-2/h3-5,7-9,11,15-17,25H,6,10,12-14H2,1-2H3/t25-/m0/s1. The molecule has 1 aliphatic rings. The number of aryl methyl sites for hydroxylation is 1. The molecule has 0 N–H and O–H groups in total. The maximum Gasteiger partial charge on any atom is 0.223 e. The maximum absolute atomic E-state index is 13.3. The minimum atomic E-state index is -0.107. The Morgan fingerprint density at radius 1 is 1.07 bits per heavy atom. The summed E-state index contributed by atoms with van der Waals surface area (Å²) in [6.45, 7) is 0.708. The summed E-state index contributed by atoms with van der Waals surface area (Å²) >= 11 is 1.76. The van der Waals surface area contributed by atoms with E-state index < -0.39 is 0 Å². The minimum Gasteiger partial charge on any atom is -0.493 e. The molecule has 1 aromatic heterocycles. The van der Waals surface area contributed by atoms with Crippen LogP contribution in [0.3, 0.4) is 0 Å². The molecule has 1 aliphatic heterocycles. The van der Waals surface area contributed by atoms with Crippen LogP contribution in [0.5, 0.6) is 11.5 Å². The topological polar surface area (TPSA) is 38.8 Å². The number of carbonyl (C=O) groups excluding carboxylic acids is 1. The molecule has 1 amide bonds. The summed E-state index contributed by atoms with van der Waals surface area (Å²) in [5.41, 5.74) is 3.46. The second-order valence-electron chi connectivity index (χ2n) is 7.49. The lowest BCUT2D eigenvalue weighted by molar-refractivity contribution is -0.133. The lowest BCUT2D eigenvalue weighted by atomic mass is 9.87. The minimum absolute atomic E-state index is 0.107. The molecule has 0 bridgehead atoms. The largest absolute Gasteiger partial charge is 0.493 e. The first-order valence-corrected chi connectivity index (χ1v) is 11.2. The van der Waals surface area contributed by atoms with Gasteiger partial charge in [0.2, 0.25) is 5.91 Å². The first-order chi connectivity index (χ1) is 14.7. The van der Waals surface area contributed by atoms with Crippen molar-refractivity contribution in [2.75, 3.05) is 20.8 Å². The van der Waals surface area contributed by atoms with Crippen molar-refractivity contribution in [1.29, 1.82) is 0 Å². The summed E-state index contributed by atoms with van der Waals surface area (Å²) in [6, 6.07) is 18.5. The van der Waals surface area contributed by atoms with E-state index in [0.29, 0.717) is 18.7 Å². The van der Waals surface area contributed by atoms with Gasteiger partial charge in [-0.2, -0.15) is 0 Å². The zero-order chi connectivity index (χ0) is 20.9. The van der Waals surface area contributed by atoms with Crippen LogP contribution in [0.25, 0.3) is 0 Å². The number of hydrogen-bond donors (Lipinski definition) is 0. The quantitative estimate of drug-likeness (QED) is 0.522. The molecule has 2 heterocycles. The van der Waals surface area contributed by atoms with Crippen molar-refractivity contribution in [2.45, 2.75) is 31.7 Å². The van der Waals surface area contributed by atoms with E-state index in [1.807, 2.05) is 29.2 Å². The summed E-state index contributed by atoms with van der Waals surface area (Å²) in [7, 11) is 3.31. The summed E-state index contributed by atoms with van der Waals surface area (Å²) in [5.74, 6) is 1.64. The Morgan fingerprint density at radius 2 is 1.83 bits per heavy atom. The van der Waals surface area contributed by atoms with Crippen LogP contribution in [0.15, 0.2) is 60.0 Å². The molecular formula is C25H27NO3S. The third-order valence-electron chi connectivity index (χ3n) is 5.70. The summed E-state index contributed by atoms with van der Waals surface area (Å²) in [5, 5.41) is 2.09. The number of rotatable bonds is 7. The van der Waals surface area contributed by atoms with Crippen LogP contribution < -0.4 is 9.47 Å². The van der Waals surface area contributed by atoms with Crippen LogP contribution >= 0.6 is 11.3 Å². The number of thiophene rings is 1. The van der Waals surface area contributed by atoms with E-state index in [2.05, 4.69) is 35.7 Å². The lowest BCUT2D eigenvalue weighted by Gasteiger charge is -2.38. The van der Waals surface area contributed by atoms with Crippen molar-refractivity contribution >= 4 is 17.2 Å². The molecule has 2 aromatic carbocycles. The number of carbonyl (C=O) groups is 1. The van der Waals surface area contributed by atoms with E-state index in [-0.39, 0.29) is 11.9 Å². The van der Waals surface area contributed by atoms with Gasteiger partial charge in [-0.05, 0) is 59.5 Å². The lowest BCUT2D eigenvalue weighted by Crippen LogP contribution is -2.40. The van der Waals surface area contributed by atoms with Gasteiger partial charge in [-0.1, -0.05) is 36.4 Å². The van der Waals surface area contributed by atoms with Crippen molar-refractivity contribution in [2.24, 2.45) is 0 Å². The van der Waals surface area contributed by atoms with Crippen LogP contribution in [0, 0.1) is 0 Å². The number of fused-ring (bicyclic) bond motifs is 1. The van der Waals surface area contributed by atoms with E-state index in [0.717, 1.165) is 36.1 Å². The van der Waals surface area contributed by atoms with Crippen molar-refractivity contribution in [1.82, 2.24) is 4.90 Å². The Hall–Kier alpha value is -2.79. The zero-order valence-electron chi connectivity index (χ0n) is 17.5. The number of amides is 1. The highest BCUT2D eigenvalue weighted by Gasteiger charge is 2.32. The molecule has 3 aromatic rings. The first-order valence-electron chi connectivity index (χ1n) is 10.3. The van der Waals surface area contributed by atoms with Crippen LogP contribution in [0.2, 0.25) is 0 Å². The monoisotopic (exact) mass is 421 g/mol. The second-order valence-corrected chi connectivity index (χ2v) is 8.52. The highest BCUT2D eigenvalue weighted by Crippen LogP contribution is 2.41. The Labute approximate surface area is 182 Å². The number of ether oxygens (including phenoxy) is 2. The molecule has 0 aliphatic carbocycles. The molecule has 0 fully saturated rings. The zero-order valence-corrected chi connectivity index (χ0v) is 18.3. The van der Waals surface area contributed by atoms with E-state index >= 15 is 0 Å². The molecule has 0 radical (unpaired) electrons. The van der Waals surface area contributed by atoms with Gasteiger partial charge in [-0.3, -0.25) is 4.79 Å². The SMILES string of the molecule is COc1cc2c(cc1OC)[C@H](c1ccccc1)N(C(=O)CCCc1cccs1)CC2. The van der Waals surface area contributed by atoms with Gasteiger partial charge in [0.1, 0.15) is 0 Å². The number of benzene rings is 2. The third kappa shape index (κ3) is 4.21. The Balaban J connectivity index is 1.63. The number of nitrogens with zero attached hydrogens (tertiary/aromatic N) is 1. The number of methoxy groups -OCH3 is 2. The van der Waals surface area contributed by atoms with Crippen molar-refractivity contribution in [3.63, 3.8) is 0 Å². The van der Waals surface area contributed by atoms with Crippen LogP contribution in [-0.4, -0.2) is 31.6 Å². The van der Waals surface area contributed by atoms with Crippen molar-refractivity contribution in [3.8, 4) is 11.5 Å². The van der Waals surface area contributed by atoms with E-state index in [9.17, 15) is 4.79 Å². The highest BCUT2D eigenvalue weighted by molar-refractivity contribution is 7.09. The molecule has 0 saturated heterocycles. The van der Waals surface area contributed by atoms with Gasteiger partial charge in [0.05, 0.1) is 20.3 Å². The smallest absolute Gasteiger partial charge is 0.223 e. The molecule has 30 heavy (non-hydrogen) atoms. The first kappa shape index (κ1) is 20.5. The van der Waals surface area contributed by atoms with Gasteiger partial charge in [0.25, 0.3) is 0 Å². The van der Waals surface area contributed by atoms with Gasteiger partial charge < -0.3 is 14.4 Å². The third-order valence-corrected chi connectivity index (χ3v) is 6.64. The summed E-state index contributed by atoms with van der Waals surface area (Å²) in [4.78, 5) is 16.6. The van der Waals surface area contributed by atoms with E-state index in [4.69, 9.17) is 9.47 Å². The van der Waals surface area contributed by atoms with Crippen LogP contribution in [0.4, 0.5) is 0 Å². The molecular weight excluding hydrogens is 394 g/mol. The summed E-state index contributed by atoms with van der Waals surface area (Å²) < 4.78 is 11.1. The average Bonchev–Trinajstić information content (AvgIpc) is 3.31. The molecule has 0 unspecified atom stereocenters. The fourth-order valence-electron chi connectivity index (χ4n) is 4.22. The van der Waals surface area contributed by atoms with Gasteiger partial charge in [-0.25, -0.2) is 0 Å². The summed E-state index contributed by atoms with van der Waals surface area (Å²) in [6.07, 6.45) is 3.20. The van der Waals surface area contributed by atoms with Gasteiger partial charge in [-0.15, -0.1) is 11.3 Å². The maximum atomic E-state index is 13.3. The molecule has 1 atom stereocenters. The van der Waals surface area contributed by atoms with Gasteiger partial charge in [0, 0.05) is 17.8 Å². The van der Waals surface area contributed by atoms with Crippen LogP contribution in [-0.2, 0) is 17.6 Å². The molecule has 5 heteroatoms. The fourth-order valence-corrected chi connectivity index (χ4v) is 4.97. The Bertz CT molecular complexity index is 985. The van der Waals surface area contributed by atoms with Crippen molar-refractivity contribution in [3.05, 3.63) is 81.5 Å². The molecule has 4 nitrogen and oxygen atoms in total. The fraction of sp³-hybridized carbons (Fsp3) is 0.320. The van der Waals surface area contributed by atoms with Gasteiger partial charge in [0.15, 0.2) is 11.5 Å². The normalized spacial score (nSPS) is 15.5. The average molecular weight is 422 g/mol. The number of hydrogen-bond acceptors (Lipinski definition) is 4. The molecule has 0 spiro atoms. The van der Waals surface area contributed by atoms with E-state index in [1.54, 1.807) is 25.6 Å². The molecule has 0 saturated carbocycles. The predicted molar refractivity (Wildman–Crippen MR) is 121 cm³/mol. The van der Waals surface area contributed by atoms with Crippen molar-refractivity contribution < 1.29 is 14.3 Å².